The van der Waals surface area contributed by atoms with Crippen LogP contribution < -0.4 is 16.2 Å². The normalized spacial score (nSPS) is 16.3. The Labute approximate surface area is 535 Å². The van der Waals surface area contributed by atoms with Crippen LogP contribution in [0.2, 0.25) is 0 Å². The summed E-state index contributed by atoms with van der Waals surface area (Å²) in [6.07, 6.45) is 2.43. The molecule has 4 aliphatic rings. The summed E-state index contributed by atoms with van der Waals surface area (Å²) in [5.41, 5.74) is 8.68. The molecule has 3 amide bonds. The van der Waals surface area contributed by atoms with Crippen molar-refractivity contribution in [3.8, 4) is 0 Å². The highest BCUT2D eigenvalue weighted by atomic mass is 32.2. The van der Waals surface area contributed by atoms with Crippen LogP contribution in [0.5, 0.6) is 0 Å². The van der Waals surface area contributed by atoms with Gasteiger partial charge in [0.15, 0.2) is 28.9 Å². The second-order valence-corrected chi connectivity index (χ2v) is 24.1. The summed E-state index contributed by atoms with van der Waals surface area (Å²) in [6, 6.07) is 69.0. The topological polar surface area (TPSA) is 210 Å². The Morgan fingerprint density at radius 2 is 1.23 bits per heavy atom. The van der Waals surface area contributed by atoms with E-state index in [4.69, 9.17) is 28.7 Å². The van der Waals surface area contributed by atoms with Crippen molar-refractivity contribution in [1.82, 2.24) is 30.8 Å². The van der Waals surface area contributed by atoms with Crippen molar-refractivity contribution in [1.29, 1.82) is 0 Å². The molecule has 0 aliphatic carbocycles. The molecule has 91 heavy (non-hydrogen) atoms. The number of ether oxygens (including phenoxy) is 2. The molecular weight excluding hydrogens is 1210 g/mol. The smallest absolute Gasteiger partial charge is 0.431 e. The summed E-state index contributed by atoms with van der Waals surface area (Å²) in [4.78, 5) is 89.0. The molecule has 3 N–H and O–H groups in total. The van der Waals surface area contributed by atoms with Crippen LogP contribution in [0.3, 0.4) is 0 Å². The SMILES string of the molecule is CC1=NC2=CN(C(=O)OC(c3ccccc3)c3ccccc3)NN2C(SCC2=C(C(=O)OC(c3ccccc3)c3ccccc3)N3C(=O)[C@@H](NC(=O)C(=NOC(=O)c4ccco4)c4csc(NC(c5ccccc5)(c5ccccc5)c5ccccc5)n4)[C@H]3SC2)=C1. The number of β-lactam (4-membered cyclic amide) rings is 1. The van der Waals surface area contributed by atoms with E-state index in [1.54, 1.807) is 16.6 Å². The van der Waals surface area contributed by atoms with Gasteiger partial charge in [0, 0.05) is 22.6 Å². The predicted molar refractivity (Wildman–Crippen MR) is 348 cm³/mol. The molecule has 2 atom stereocenters. The Bertz CT molecular complexity index is 4120. The Morgan fingerprint density at radius 3 is 1.76 bits per heavy atom. The highest BCUT2D eigenvalue weighted by Crippen LogP contribution is 2.45. The van der Waals surface area contributed by atoms with E-state index in [0.29, 0.717) is 38.4 Å². The Hall–Kier alpha value is -10.6. The van der Waals surface area contributed by atoms with Crippen molar-refractivity contribution in [2.45, 2.75) is 36.1 Å². The van der Waals surface area contributed by atoms with Gasteiger partial charge in [0.05, 0.1) is 17.5 Å². The molecule has 2 aromatic heterocycles. The number of hydrazine groups is 2. The molecule has 18 nitrogen and oxygen atoms in total. The lowest BCUT2D eigenvalue weighted by atomic mass is 9.77. The molecule has 21 heteroatoms. The highest BCUT2D eigenvalue weighted by Gasteiger charge is 2.55. The zero-order valence-corrected chi connectivity index (χ0v) is 50.9. The number of hydrogen-bond acceptors (Lipinski definition) is 18. The summed E-state index contributed by atoms with van der Waals surface area (Å²) < 4.78 is 18.0. The number of carbonyl (C=O) groups is 5. The number of thioether (sulfide) groups is 2. The van der Waals surface area contributed by atoms with E-state index >= 15 is 9.59 Å². The number of allylic oxidation sites excluding steroid dienone is 1. The fourth-order valence-electron chi connectivity index (χ4n) is 11.0. The molecule has 0 bridgehead atoms. The van der Waals surface area contributed by atoms with Crippen LogP contribution in [0.1, 0.15) is 74.3 Å². The average molecular weight is 1260 g/mol. The van der Waals surface area contributed by atoms with Crippen LogP contribution >= 0.6 is 34.9 Å². The van der Waals surface area contributed by atoms with Crippen molar-refractivity contribution in [3.63, 3.8) is 0 Å². The standard InChI is InChI=1S/C70H55N9O9S3/c1-45-40-57(79-56(71-45)41-77(76-79)69(84)87-62(48-28-13-4-14-29-48)49-30-15-5-16-31-49)89-42-50-43-90-65-59(64(81)78(65)60(50)67(83)86-61(46-24-9-2-10-25-46)47-26-11-3-12-27-47)73-63(80)58(75-88-66(82)55-38-23-39-85-55)54-44-91-68(72-54)74-70(51-32-17-6-18-33-51,52-34-19-7-20-35-52)53-36-21-8-22-37-53/h2-41,44,59,61-62,65,76H,42-43H2,1H3,(H,72,74)(H,73,80)/t59-,65-/m1/s1. The summed E-state index contributed by atoms with van der Waals surface area (Å²) in [6.45, 7) is 1.84. The fourth-order valence-corrected chi connectivity index (χ4v) is 14.3. The lowest BCUT2D eigenvalue weighted by Gasteiger charge is -2.49. The van der Waals surface area contributed by atoms with E-state index in [1.807, 2.05) is 225 Å². The van der Waals surface area contributed by atoms with Crippen molar-refractivity contribution in [2.24, 2.45) is 10.1 Å². The number of benzene rings is 7. The van der Waals surface area contributed by atoms with Crippen molar-refractivity contribution in [2.75, 3.05) is 16.8 Å². The summed E-state index contributed by atoms with van der Waals surface area (Å²) >= 11 is 3.89. The molecule has 1 fully saturated rings. The molecule has 6 heterocycles. The molecule has 0 unspecified atom stereocenters. The lowest BCUT2D eigenvalue weighted by Crippen LogP contribution is -2.71. The summed E-state index contributed by atoms with van der Waals surface area (Å²) in [5, 5.41) is 15.4. The second kappa shape index (κ2) is 26.6. The first kappa shape index (κ1) is 59.4. The summed E-state index contributed by atoms with van der Waals surface area (Å²) in [7, 11) is 0. The van der Waals surface area contributed by atoms with E-state index in [0.717, 1.165) is 27.8 Å². The Balaban J connectivity index is 0.787. The van der Waals surface area contributed by atoms with Gasteiger partial charge in [-0.3, -0.25) is 14.5 Å². The fraction of sp³-hybridized carbons (Fsp3) is 0.114. The highest BCUT2D eigenvalue weighted by molar-refractivity contribution is 8.03. The van der Waals surface area contributed by atoms with Crippen molar-refractivity contribution < 1.29 is 42.7 Å². The van der Waals surface area contributed by atoms with Gasteiger partial charge in [-0.15, -0.1) is 40.4 Å². The third-order valence-electron chi connectivity index (χ3n) is 15.3. The average Bonchev–Trinajstić information content (AvgIpc) is 1.29. The first-order valence-corrected chi connectivity index (χ1v) is 31.8. The molecule has 0 radical (unpaired) electrons. The van der Waals surface area contributed by atoms with Gasteiger partial charge >= 0.3 is 18.0 Å². The number of furan rings is 1. The van der Waals surface area contributed by atoms with E-state index < -0.39 is 64.7 Å². The number of aromatic nitrogens is 1. The number of fused-ring (bicyclic) bond motifs is 2. The maximum atomic E-state index is 15.2. The molecule has 0 spiro atoms. The number of carbonyl (C=O) groups excluding carboxylic acids is 5. The Kier molecular flexibility index (Phi) is 17.4. The lowest BCUT2D eigenvalue weighted by molar-refractivity contribution is -0.154. The van der Waals surface area contributed by atoms with E-state index in [9.17, 15) is 14.4 Å². The van der Waals surface area contributed by atoms with Gasteiger partial charge in [0.1, 0.15) is 28.3 Å². The third-order valence-corrected chi connectivity index (χ3v) is 18.5. The minimum absolute atomic E-state index is 0.0174. The zero-order chi connectivity index (χ0) is 62.3. The monoisotopic (exact) mass is 1260 g/mol. The summed E-state index contributed by atoms with van der Waals surface area (Å²) in [5.74, 6) is -2.59. The molecule has 0 saturated carbocycles. The number of thiazole rings is 1. The minimum Gasteiger partial charge on any atom is -0.457 e. The molecule has 452 valence electrons. The molecule has 1 saturated heterocycles. The third kappa shape index (κ3) is 12.5. The first-order chi connectivity index (χ1) is 44.6. The molecule has 4 aliphatic heterocycles. The van der Waals surface area contributed by atoms with Crippen molar-refractivity contribution in [3.05, 3.63) is 321 Å². The number of nitrogens with one attached hydrogen (secondary N) is 3. The van der Waals surface area contributed by atoms with E-state index in [-0.39, 0.29) is 28.7 Å². The van der Waals surface area contributed by atoms with Crippen molar-refractivity contribution >= 4 is 81.3 Å². The van der Waals surface area contributed by atoms with E-state index in [1.165, 1.54) is 63.2 Å². The number of oxime groups is 1. The number of hydrogen-bond donors (Lipinski definition) is 3. The molecule has 7 aromatic carbocycles. The molecule has 9 aromatic rings. The van der Waals surface area contributed by atoms with Gasteiger partial charge in [-0.2, -0.15) is 5.01 Å². The number of aliphatic imine (C=N–C) groups is 1. The predicted octanol–water partition coefficient (Wildman–Crippen LogP) is 12.5. The number of esters is 1. The molecular formula is C70H55N9O9S3. The van der Waals surface area contributed by atoms with Gasteiger partial charge < -0.3 is 29.4 Å². The van der Waals surface area contributed by atoms with Gasteiger partial charge in [-0.05, 0) is 69.6 Å². The van der Waals surface area contributed by atoms with Gasteiger partial charge in [0.25, 0.3) is 11.8 Å². The number of amides is 3. The van der Waals surface area contributed by atoms with E-state index in [2.05, 4.69) is 21.3 Å². The quantitative estimate of drug-likeness (QED) is 0.0162. The minimum atomic E-state index is -1.20. The van der Waals surface area contributed by atoms with Crippen LogP contribution in [0.25, 0.3) is 0 Å². The maximum absolute atomic E-state index is 15.2. The largest absolute Gasteiger partial charge is 0.457 e. The van der Waals surface area contributed by atoms with Crippen LogP contribution in [0, 0.1) is 0 Å². The molecule has 13 rings (SSSR count). The van der Waals surface area contributed by atoms with Crippen LogP contribution in [-0.4, -0.2) is 84.1 Å². The van der Waals surface area contributed by atoms with Crippen LogP contribution in [0.15, 0.2) is 285 Å². The van der Waals surface area contributed by atoms with Crippen LogP contribution in [0.4, 0.5) is 9.93 Å². The first-order valence-electron chi connectivity index (χ1n) is 28.9. The van der Waals surface area contributed by atoms with Gasteiger partial charge in [-0.1, -0.05) is 217 Å². The maximum Gasteiger partial charge on any atom is 0.431 e. The van der Waals surface area contributed by atoms with Gasteiger partial charge in [-0.25, -0.2) is 29.4 Å². The number of rotatable bonds is 20. The number of anilines is 1. The zero-order valence-electron chi connectivity index (χ0n) is 48.5. The van der Waals surface area contributed by atoms with Crippen LogP contribution in [-0.2, 0) is 34.2 Å². The number of nitrogens with zero attached hydrogens (tertiary/aromatic N) is 6. The van der Waals surface area contributed by atoms with Gasteiger partial charge in [0.2, 0.25) is 5.76 Å². The Morgan fingerprint density at radius 1 is 0.703 bits per heavy atom. The second-order valence-electron chi connectivity index (χ2n) is 21.1.